The maximum atomic E-state index is 13.4. The minimum Gasteiger partial charge on any atom is -0.479 e. The van der Waals surface area contributed by atoms with Crippen molar-refractivity contribution >= 4 is 11.9 Å². The molecule has 8 heteroatoms. The average Bonchev–Trinajstić information content (AvgIpc) is 3.05. The lowest BCUT2D eigenvalue weighted by Gasteiger charge is -2.40. The van der Waals surface area contributed by atoms with Crippen molar-refractivity contribution < 1.29 is 27.9 Å². The summed E-state index contributed by atoms with van der Waals surface area (Å²) >= 11 is 0. The van der Waals surface area contributed by atoms with Crippen molar-refractivity contribution in [2.45, 2.75) is 44.3 Å². The van der Waals surface area contributed by atoms with Gasteiger partial charge in [-0.1, -0.05) is 6.92 Å². The molecule has 2 N–H and O–H groups in total. The van der Waals surface area contributed by atoms with E-state index < -0.39 is 35.6 Å². The number of nitrogens with zero attached hydrogens (tertiary/aromatic N) is 1. The van der Waals surface area contributed by atoms with E-state index in [-0.39, 0.29) is 32.4 Å². The SMILES string of the molecule is CCC1(C(=O)O)CCCN1C(=O)C1(C(F)(F)F)CCNC1. The molecular formula is C13H19F3N2O3. The predicted octanol–water partition coefficient (Wildman–Crippen LogP) is 1.38. The van der Waals surface area contributed by atoms with E-state index >= 15 is 0 Å². The van der Waals surface area contributed by atoms with Gasteiger partial charge in [-0.2, -0.15) is 13.2 Å². The second kappa shape index (κ2) is 5.15. The molecule has 0 saturated carbocycles. The fourth-order valence-electron chi connectivity index (χ4n) is 3.41. The van der Waals surface area contributed by atoms with E-state index in [2.05, 4.69) is 5.32 Å². The van der Waals surface area contributed by atoms with E-state index in [1.807, 2.05) is 0 Å². The molecule has 2 atom stereocenters. The summed E-state index contributed by atoms with van der Waals surface area (Å²) in [6.07, 6.45) is -4.31. The number of halogens is 3. The van der Waals surface area contributed by atoms with E-state index in [4.69, 9.17) is 0 Å². The molecule has 0 aliphatic carbocycles. The summed E-state index contributed by atoms with van der Waals surface area (Å²) in [6.45, 7) is 1.28. The molecule has 2 rings (SSSR count). The molecule has 2 heterocycles. The molecule has 2 fully saturated rings. The standard InChI is InChI=1S/C13H19F3N2O3/c1-2-12(10(20)21)4-3-7-18(12)9(19)11(13(14,15)16)5-6-17-8-11/h17H,2-8H2,1H3,(H,20,21). The van der Waals surface area contributed by atoms with E-state index in [0.717, 1.165) is 4.90 Å². The van der Waals surface area contributed by atoms with Gasteiger partial charge in [0.1, 0.15) is 5.54 Å². The topological polar surface area (TPSA) is 69.6 Å². The highest BCUT2D eigenvalue weighted by molar-refractivity contribution is 5.91. The largest absolute Gasteiger partial charge is 0.479 e. The number of carboxylic acids is 1. The molecule has 2 aliphatic rings. The van der Waals surface area contributed by atoms with Crippen molar-refractivity contribution in [2.75, 3.05) is 19.6 Å². The predicted molar refractivity (Wildman–Crippen MR) is 67.6 cm³/mol. The quantitative estimate of drug-likeness (QED) is 0.826. The molecule has 0 aromatic heterocycles. The average molecular weight is 308 g/mol. The number of amides is 1. The normalized spacial score (nSPS) is 33.4. The van der Waals surface area contributed by atoms with Gasteiger partial charge in [0, 0.05) is 13.1 Å². The minimum absolute atomic E-state index is 0.0663. The Hall–Kier alpha value is -1.31. The van der Waals surface area contributed by atoms with E-state index in [0.29, 0.717) is 6.42 Å². The van der Waals surface area contributed by atoms with E-state index in [9.17, 15) is 27.9 Å². The van der Waals surface area contributed by atoms with Crippen LogP contribution in [0.2, 0.25) is 0 Å². The summed E-state index contributed by atoms with van der Waals surface area (Å²) in [7, 11) is 0. The van der Waals surface area contributed by atoms with Crippen LogP contribution < -0.4 is 5.32 Å². The van der Waals surface area contributed by atoms with Crippen LogP contribution in [0.3, 0.4) is 0 Å². The molecule has 0 aromatic carbocycles. The zero-order valence-electron chi connectivity index (χ0n) is 11.8. The van der Waals surface area contributed by atoms with Gasteiger partial charge in [-0.25, -0.2) is 4.79 Å². The number of rotatable bonds is 3. The number of likely N-dealkylation sites (tertiary alicyclic amines) is 1. The summed E-state index contributed by atoms with van der Waals surface area (Å²) in [4.78, 5) is 25.1. The van der Waals surface area contributed by atoms with Crippen molar-refractivity contribution in [3.63, 3.8) is 0 Å². The van der Waals surface area contributed by atoms with Gasteiger partial charge in [-0.05, 0) is 32.2 Å². The molecule has 0 radical (unpaired) electrons. The van der Waals surface area contributed by atoms with Crippen LogP contribution in [0.25, 0.3) is 0 Å². The Labute approximate surface area is 120 Å². The summed E-state index contributed by atoms with van der Waals surface area (Å²) in [5.74, 6) is -2.32. The number of nitrogens with one attached hydrogen (secondary N) is 1. The summed E-state index contributed by atoms with van der Waals surface area (Å²) in [5, 5.41) is 12.0. The number of carboxylic acid groups (broad SMARTS) is 1. The van der Waals surface area contributed by atoms with Gasteiger partial charge in [0.2, 0.25) is 5.91 Å². The van der Waals surface area contributed by atoms with Crippen LogP contribution in [-0.2, 0) is 9.59 Å². The van der Waals surface area contributed by atoms with Gasteiger partial charge in [0.15, 0.2) is 5.41 Å². The third-order valence-electron chi connectivity index (χ3n) is 4.82. The summed E-state index contributed by atoms with van der Waals surface area (Å²) in [6, 6.07) is 0. The fourth-order valence-corrected chi connectivity index (χ4v) is 3.41. The molecule has 2 saturated heterocycles. The van der Waals surface area contributed by atoms with Crippen LogP contribution in [-0.4, -0.2) is 53.2 Å². The molecule has 1 amide bonds. The van der Waals surface area contributed by atoms with Crippen molar-refractivity contribution in [1.29, 1.82) is 0 Å². The van der Waals surface area contributed by atoms with Crippen LogP contribution in [0.15, 0.2) is 0 Å². The molecule has 2 aliphatic heterocycles. The summed E-state index contributed by atoms with van der Waals surface area (Å²) < 4.78 is 40.3. The molecule has 0 bridgehead atoms. The van der Waals surface area contributed by atoms with Crippen molar-refractivity contribution in [2.24, 2.45) is 5.41 Å². The molecule has 0 spiro atoms. The number of hydrogen-bond acceptors (Lipinski definition) is 3. The molecule has 21 heavy (non-hydrogen) atoms. The Morgan fingerprint density at radius 1 is 1.33 bits per heavy atom. The van der Waals surface area contributed by atoms with Gasteiger partial charge in [-0.15, -0.1) is 0 Å². The van der Waals surface area contributed by atoms with E-state index in [1.165, 1.54) is 0 Å². The number of carbonyl (C=O) groups excluding carboxylic acids is 1. The molecular weight excluding hydrogens is 289 g/mol. The monoisotopic (exact) mass is 308 g/mol. The first-order valence-electron chi connectivity index (χ1n) is 7.04. The lowest BCUT2D eigenvalue weighted by molar-refractivity contribution is -0.224. The van der Waals surface area contributed by atoms with E-state index in [1.54, 1.807) is 6.92 Å². The number of alkyl halides is 3. The van der Waals surface area contributed by atoms with Crippen molar-refractivity contribution in [3.8, 4) is 0 Å². The van der Waals surface area contributed by atoms with Crippen molar-refractivity contribution in [1.82, 2.24) is 10.2 Å². The number of aliphatic carboxylic acids is 1. The molecule has 2 unspecified atom stereocenters. The first-order chi connectivity index (χ1) is 9.71. The maximum Gasteiger partial charge on any atom is 0.404 e. The highest BCUT2D eigenvalue weighted by Crippen LogP contribution is 2.47. The maximum absolute atomic E-state index is 13.4. The van der Waals surface area contributed by atoms with Crippen LogP contribution in [0.5, 0.6) is 0 Å². The van der Waals surface area contributed by atoms with Gasteiger partial charge in [-0.3, -0.25) is 4.79 Å². The van der Waals surface area contributed by atoms with Crippen LogP contribution in [0.1, 0.15) is 32.6 Å². The Balaban J connectivity index is 2.40. The lowest BCUT2D eigenvalue weighted by Crippen LogP contribution is -2.60. The Kier molecular flexibility index (Phi) is 3.94. The van der Waals surface area contributed by atoms with Gasteiger partial charge >= 0.3 is 12.1 Å². The Bertz CT molecular complexity index is 446. The zero-order chi connectivity index (χ0) is 15.9. The molecule has 120 valence electrons. The number of carbonyl (C=O) groups is 2. The van der Waals surface area contributed by atoms with Gasteiger partial charge in [0.25, 0.3) is 0 Å². The fraction of sp³-hybridized carbons (Fsp3) is 0.846. The first-order valence-corrected chi connectivity index (χ1v) is 7.04. The molecule has 0 aromatic rings. The van der Waals surface area contributed by atoms with Gasteiger partial charge < -0.3 is 15.3 Å². The zero-order valence-corrected chi connectivity index (χ0v) is 11.8. The smallest absolute Gasteiger partial charge is 0.404 e. The highest BCUT2D eigenvalue weighted by Gasteiger charge is 2.65. The van der Waals surface area contributed by atoms with Crippen LogP contribution >= 0.6 is 0 Å². The summed E-state index contributed by atoms with van der Waals surface area (Å²) in [5.41, 5.74) is -3.99. The lowest BCUT2D eigenvalue weighted by atomic mass is 9.82. The molecule has 5 nitrogen and oxygen atoms in total. The number of hydrogen-bond donors (Lipinski definition) is 2. The first kappa shape index (κ1) is 16.1. The second-order valence-electron chi connectivity index (χ2n) is 5.76. The Morgan fingerprint density at radius 2 is 2.00 bits per heavy atom. The third-order valence-corrected chi connectivity index (χ3v) is 4.82. The van der Waals surface area contributed by atoms with Crippen LogP contribution in [0.4, 0.5) is 13.2 Å². The van der Waals surface area contributed by atoms with Crippen LogP contribution in [0, 0.1) is 5.41 Å². The van der Waals surface area contributed by atoms with Crippen molar-refractivity contribution in [3.05, 3.63) is 0 Å². The highest BCUT2D eigenvalue weighted by atomic mass is 19.4. The minimum atomic E-state index is -4.69. The third kappa shape index (κ3) is 2.20. The Morgan fingerprint density at radius 3 is 2.43 bits per heavy atom. The van der Waals surface area contributed by atoms with Gasteiger partial charge in [0.05, 0.1) is 0 Å². The second-order valence-corrected chi connectivity index (χ2v) is 5.76.